The highest BCUT2D eigenvalue weighted by Gasteiger charge is 2.29. The molecule has 1 heterocycles. The summed E-state index contributed by atoms with van der Waals surface area (Å²) in [6.45, 7) is 6.47. The lowest BCUT2D eigenvalue weighted by molar-refractivity contribution is 0.0944. The molecule has 4 heteroatoms. The molecule has 1 fully saturated rings. The van der Waals surface area contributed by atoms with E-state index in [0.717, 1.165) is 18.8 Å². The second-order valence-corrected chi connectivity index (χ2v) is 5.52. The SMILES string of the molecule is Cc1ccc(OCC(O)CNC2(C)CCOC2)cc1. The highest BCUT2D eigenvalue weighted by molar-refractivity contribution is 5.26. The number of hydrogen-bond donors (Lipinski definition) is 2. The maximum Gasteiger partial charge on any atom is 0.119 e. The zero-order valence-electron chi connectivity index (χ0n) is 11.7. The number of nitrogens with one attached hydrogen (secondary N) is 1. The van der Waals surface area contributed by atoms with Crippen LogP contribution in [0.4, 0.5) is 0 Å². The Balaban J connectivity index is 1.69. The van der Waals surface area contributed by atoms with Crippen LogP contribution in [0.1, 0.15) is 18.9 Å². The summed E-state index contributed by atoms with van der Waals surface area (Å²) < 4.78 is 10.9. The first kappa shape index (κ1) is 14.3. The van der Waals surface area contributed by atoms with Gasteiger partial charge in [0.15, 0.2) is 0 Å². The van der Waals surface area contributed by atoms with Gasteiger partial charge in [-0.2, -0.15) is 0 Å². The van der Waals surface area contributed by atoms with Gasteiger partial charge in [-0.25, -0.2) is 0 Å². The second kappa shape index (κ2) is 6.37. The van der Waals surface area contributed by atoms with Crippen LogP contribution in [0.3, 0.4) is 0 Å². The van der Waals surface area contributed by atoms with E-state index < -0.39 is 6.10 Å². The molecule has 1 aliphatic rings. The molecule has 0 radical (unpaired) electrons. The Labute approximate surface area is 114 Å². The summed E-state index contributed by atoms with van der Waals surface area (Å²) in [4.78, 5) is 0. The monoisotopic (exact) mass is 265 g/mol. The molecule has 106 valence electrons. The first-order valence-electron chi connectivity index (χ1n) is 6.78. The summed E-state index contributed by atoms with van der Waals surface area (Å²) >= 11 is 0. The maximum atomic E-state index is 9.91. The Hall–Kier alpha value is -1.10. The largest absolute Gasteiger partial charge is 0.491 e. The minimum absolute atomic E-state index is 0.00909. The molecule has 2 atom stereocenters. The van der Waals surface area contributed by atoms with Crippen molar-refractivity contribution in [1.82, 2.24) is 5.32 Å². The molecule has 0 aliphatic carbocycles. The molecule has 0 saturated carbocycles. The Bertz CT molecular complexity index is 385. The lowest BCUT2D eigenvalue weighted by Crippen LogP contribution is -2.47. The number of aryl methyl sites for hydroxylation is 1. The number of hydrogen-bond acceptors (Lipinski definition) is 4. The van der Waals surface area contributed by atoms with E-state index in [0.29, 0.717) is 19.8 Å². The van der Waals surface area contributed by atoms with Crippen LogP contribution in [0.15, 0.2) is 24.3 Å². The summed E-state index contributed by atoms with van der Waals surface area (Å²) in [7, 11) is 0. The third-order valence-corrected chi connectivity index (χ3v) is 3.45. The first-order valence-corrected chi connectivity index (χ1v) is 6.78. The highest BCUT2D eigenvalue weighted by Crippen LogP contribution is 2.17. The minimum atomic E-state index is -0.515. The van der Waals surface area contributed by atoms with Crippen molar-refractivity contribution in [2.24, 2.45) is 0 Å². The molecule has 1 aromatic carbocycles. The Morgan fingerprint density at radius 2 is 2.16 bits per heavy atom. The van der Waals surface area contributed by atoms with Crippen molar-refractivity contribution >= 4 is 0 Å². The van der Waals surface area contributed by atoms with Gasteiger partial charge in [0.2, 0.25) is 0 Å². The van der Waals surface area contributed by atoms with Gasteiger partial charge in [0.05, 0.1) is 6.61 Å². The molecule has 1 aliphatic heterocycles. The number of ether oxygens (including phenoxy) is 2. The zero-order chi connectivity index (χ0) is 13.7. The standard InChI is InChI=1S/C15H23NO3/c1-12-3-5-14(6-4-12)19-10-13(17)9-16-15(2)7-8-18-11-15/h3-6,13,16-17H,7-11H2,1-2H3. The molecule has 1 saturated heterocycles. The molecule has 0 amide bonds. The van der Waals surface area contributed by atoms with Crippen molar-refractivity contribution in [1.29, 1.82) is 0 Å². The molecule has 4 nitrogen and oxygen atoms in total. The van der Waals surface area contributed by atoms with Gasteiger partial charge >= 0.3 is 0 Å². The molecule has 2 unspecified atom stereocenters. The van der Waals surface area contributed by atoms with Crippen LogP contribution in [0.2, 0.25) is 0 Å². The molecular weight excluding hydrogens is 242 g/mol. The van der Waals surface area contributed by atoms with Gasteiger partial charge in [-0.3, -0.25) is 0 Å². The Kier molecular flexibility index (Phi) is 4.80. The van der Waals surface area contributed by atoms with E-state index in [1.807, 2.05) is 31.2 Å². The summed E-state index contributed by atoms with van der Waals surface area (Å²) in [5, 5.41) is 13.3. The van der Waals surface area contributed by atoms with Crippen molar-refractivity contribution in [2.45, 2.75) is 31.9 Å². The quantitative estimate of drug-likeness (QED) is 0.818. The number of β-amino-alcohol motifs (C(OH)–C–C–N with tert-alkyl or cyclic N) is 1. The van der Waals surface area contributed by atoms with E-state index in [-0.39, 0.29) is 5.54 Å². The van der Waals surface area contributed by atoms with Crippen LogP contribution in [-0.2, 0) is 4.74 Å². The van der Waals surface area contributed by atoms with Crippen LogP contribution in [0.25, 0.3) is 0 Å². The van der Waals surface area contributed by atoms with Crippen LogP contribution in [-0.4, -0.2) is 43.1 Å². The predicted octanol–water partition coefficient (Wildman–Crippen LogP) is 1.50. The van der Waals surface area contributed by atoms with Crippen molar-refractivity contribution in [3.8, 4) is 5.75 Å². The van der Waals surface area contributed by atoms with E-state index in [1.165, 1.54) is 5.56 Å². The molecule has 0 bridgehead atoms. The number of aliphatic hydroxyl groups excluding tert-OH is 1. The van der Waals surface area contributed by atoms with E-state index >= 15 is 0 Å². The number of aliphatic hydroxyl groups is 1. The lowest BCUT2D eigenvalue weighted by Gasteiger charge is -2.25. The second-order valence-electron chi connectivity index (χ2n) is 5.52. The van der Waals surface area contributed by atoms with Crippen LogP contribution in [0, 0.1) is 6.92 Å². The topological polar surface area (TPSA) is 50.7 Å². The normalized spacial score (nSPS) is 24.4. The fourth-order valence-electron chi connectivity index (χ4n) is 2.06. The molecule has 2 N–H and O–H groups in total. The molecular formula is C15H23NO3. The highest BCUT2D eigenvalue weighted by atomic mass is 16.5. The fraction of sp³-hybridized carbons (Fsp3) is 0.600. The number of benzene rings is 1. The van der Waals surface area contributed by atoms with Crippen molar-refractivity contribution < 1.29 is 14.6 Å². The third kappa shape index (κ3) is 4.49. The average molecular weight is 265 g/mol. The average Bonchev–Trinajstić information content (AvgIpc) is 2.83. The lowest BCUT2D eigenvalue weighted by atomic mass is 10.0. The van der Waals surface area contributed by atoms with E-state index in [2.05, 4.69) is 12.2 Å². The van der Waals surface area contributed by atoms with Crippen molar-refractivity contribution in [2.75, 3.05) is 26.4 Å². The van der Waals surface area contributed by atoms with E-state index in [9.17, 15) is 5.11 Å². The van der Waals surface area contributed by atoms with Crippen LogP contribution >= 0.6 is 0 Å². The van der Waals surface area contributed by atoms with Gasteiger partial charge in [0, 0.05) is 18.7 Å². The van der Waals surface area contributed by atoms with E-state index in [1.54, 1.807) is 0 Å². The minimum Gasteiger partial charge on any atom is -0.491 e. The smallest absolute Gasteiger partial charge is 0.119 e. The summed E-state index contributed by atoms with van der Waals surface area (Å²) in [5.74, 6) is 0.792. The van der Waals surface area contributed by atoms with Crippen molar-refractivity contribution in [3.05, 3.63) is 29.8 Å². The van der Waals surface area contributed by atoms with Crippen LogP contribution < -0.4 is 10.1 Å². The first-order chi connectivity index (χ1) is 9.07. The molecule has 0 spiro atoms. The molecule has 1 aromatic rings. The van der Waals surface area contributed by atoms with Crippen LogP contribution in [0.5, 0.6) is 5.75 Å². The summed E-state index contributed by atoms with van der Waals surface area (Å²) in [5.41, 5.74) is 1.19. The third-order valence-electron chi connectivity index (χ3n) is 3.45. The van der Waals surface area contributed by atoms with Crippen molar-refractivity contribution in [3.63, 3.8) is 0 Å². The predicted molar refractivity (Wildman–Crippen MR) is 74.5 cm³/mol. The van der Waals surface area contributed by atoms with E-state index in [4.69, 9.17) is 9.47 Å². The maximum absolute atomic E-state index is 9.91. The number of rotatable bonds is 6. The molecule has 0 aromatic heterocycles. The summed E-state index contributed by atoms with van der Waals surface area (Å²) in [6, 6.07) is 7.83. The van der Waals surface area contributed by atoms with Gasteiger partial charge < -0.3 is 19.9 Å². The van der Waals surface area contributed by atoms with Gasteiger partial charge in [0.1, 0.15) is 18.5 Å². The zero-order valence-corrected chi connectivity index (χ0v) is 11.7. The molecule has 2 rings (SSSR count). The van der Waals surface area contributed by atoms with Gasteiger partial charge in [-0.15, -0.1) is 0 Å². The summed E-state index contributed by atoms with van der Waals surface area (Å²) in [6.07, 6.45) is 0.470. The van der Waals surface area contributed by atoms with Gasteiger partial charge in [0.25, 0.3) is 0 Å². The van der Waals surface area contributed by atoms with Gasteiger partial charge in [-0.1, -0.05) is 17.7 Å². The van der Waals surface area contributed by atoms with Gasteiger partial charge in [-0.05, 0) is 32.4 Å². The fourth-order valence-corrected chi connectivity index (χ4v) is 2.06. The molecule has 19 heavy (non-hydrogen) atoms. The Morgan fingerprint density at radius 1 is 1.42 bits per heavy atom. The Morgan fingerprint density at radius 3 is 2.79 bits per heavy atom.